The van der Waals surface area contributed by atoms with Crippen molar-refractivity contribution in [3.05, 3.63) is 38.0 Å². The maximum atomic E-state index is 12.1. The van der Waals surface area contributed by atoms with E-state index in [1.165, 1.54) is 6.42 Å². The Morgan fingerprint density at radius 1 is 0.712 bits per heavy atom. The molecule has 3 rings (SSSR count). The molecule has 3 saturated carbocycles. The first-order chi connectivity index (χ1) is 23.6. The monoisotopic (exact) mass is 733 g/mol. The van der Waals surface area contributed by atoms with E-state index in [1.807, 2.05) is 81.4 Å². The maximum absolute atomic E-state index is 12.1. The number of esters is 2. The van der Waals surface area contributed by atoms with E-state index in [1.54, 1.807) is 13.0 Å². The minimum Gasteiger partial charge on any atom is -0.460 e. The van der Waals surface area contributed by atoms with E-state index in [-0.39, 0.29) is 46.6 Å². The second-order valence-corrected chi connectivity index (χ2v) is 18.5. The molecule has 0 amide bonds. The van der Waals surface area contributed by atoms with Crippen molar-refractivity contribution < 1.29 is 34.1 Å². The normalized spacial score (nSPS) is 34.7. The molecular weight excluding hydrogens is 652 g/mol. The van der Waals surface area contributed by atoms with Gasteiger partial charge in [-0.2, -0.15) is 0 Å². The van der Waals surface area contributed by atoms with Crippen LogP contribution in [0.15, 0.2) is 38.0 Å². The zero-order valence-electron chi connectivity index (χ0n) is 36.0. The molecule has 0 aromatic rings. The summed E-state index contributed by atoms with van der Waals surface area (Å²) < 4.78 is 10.3. The van der Waals surface area contributed by atoms with Crippen LogP contribution in [-0.2, 0) is 23.9 Å². The van der Waals surface area contributed by atoms with Gasteiger partial charge in [0.2, 0.25) is 0 Å². The van der Waals surface area contributed by atoms with Crippen LogP contribution < -0.4 is 0 Å². The number of aliphatic hydroxyl groups is 2. The molecule has 3 aliphatic carbocycles. The van der Waals surface area contributed by atoms with Gasteiger partial charge >= 0.3 is 11.9 Å². The molecule has 302 valence electrons. The van der Waals surface area contributed by atoms with Crippen molar-refractivity contribution in [2.75, 3.05) is 0 Å². The Morgan fingerprint density at radius 2 is 1.12 bits per heavy atom. The lowest BCUT2D eigenvalue weighted by Gasteiger charge is -2.50. The highest BCUT2D eigenvalue weighted by Crippen LogP contribution is 2.51. The number of ether oxygens (including phenoxy) is 2. The summed E-state index contributed by atoms with van der Waals surface area (Å²) >= 11 is 0. The highest BCUT2D eigenvalue weighted by Gasteiger charge is 2.52. The second-order valence-electron chi connectivity index (χ2n) is 18.5. The molecule has 0 heterocycles. The van der Waals surface area contributed by atoms with Gasteiger partial charge in [-0.25, -0.2) is 0 Å². The van der Waals surface area contributed by atoms with Crippen molar-refractivity contribution in [3.8, 4) is 0 Å². The molecule has 52 heavy (non-hydrogen) atoms. The Hall–Kier alpha value is -2.25. The maximum Gasteiger partial charge on any atom is 0.309 e. The fourth-order valence-electron chi connectivity index (χ4n) is 8.08. The van der Waals surface area contributed by atoms with Crippen LogP contribution in [0.1, 0.15) is 174 Å². The van der Waals surface area contributed by atoms with Crippen molar-refractivity contribution in [1.29, 1.82) is 0 Å². The Labute approximate surface area is 319 Å². The summed E-state index contributed by atoms with van der Waals surface area (Å²) in [6.07, 6.45) is 16.4. The first kappa shape index (κ1) is 49.8. The molecule has 3 fully saturated rings. The average molecular weight is 733 g/mol. The minimum absolute atomic E-state index is 0.0357. The SMILES string of the molecule is C=C[C@@]1(C)CCC[C@@H](C)C1=O.C=C[C@@]1(C)CCC[C@@H](C)[C@@]1(O)CC.C=C[C@@]1(C)CCC[C@@H](C)[C@]1(O)CC(=O)OC(C)(C)C.CCC(=O)OC(C)(C)C. The van der Waals surface area contributed by atoms with E-state index in [0.717, 1.165) is 57.8 Å². The number of hydrogen-bond donors (Lipinski definition) is 2. The van der Waals surface area contributed by atoms with Crippen LogP contribution in [-0.4, -0.2) is 50.3 Å². The Bertz CT molecular complexity index is 1190. The van der Waals surface area contributed by atoms with Crippen LogP contribution in [0.25, 0.3) is 0 Å². The van der Waals surface area contributed by atoms with Gasteiger partial charge in [0.15, 0.2) is 0 Å². The van der Waals surface area contributed by atoms with Crippen LogP contribution >= 0.6 is 0 Å². The zero-order valence-corrected chi connectivity index (χ0v) is 36.0. The lowest BCUT2D eigenvalue weighted by molar-refractivity contribution is -0.175. The van der Waals surface area contributed by atoms with Crippen molar-refractivity contribution >= 4 is 17.7 Å². The van der Waals surface area contributed by atoms with Crippen LogP contribution in [0, 0.1) is 34.0 Å². The third kappa shape index (κ3) is 13.6. The van der Waals surface area contributed by atoms with Gasteiger partial charge in [0, 0.05) is 28.6 Å². The quantitative estimate of drug-likeness (QED) is 0.198. The molecule has 0 aliphatic heterocycles. The molecule has 0 aromatic heterocycles. The summed E-state index contributed by atoms with van der Waals surface area (Å²) in [7, 11) is 0. The van der Waals surface area contributed by atoms with E-state index in [2.05, 4.69) is 40.5 Å². The molecule has 0 bridgehead atoms. The van der Waals surface area contributed by atoms with E-state index in [0.29, 0.717) is 18.1 Å². The van der Waals surface area contributed by atoms with Crippen molar-refractivity contribution in [3.63, 3.8) is 0 Å². The zero-order chi connectivity index (χ0) is 41.0. The van der Waals surface area contributed by atoms with Gasteiger partial charge in [-0.1, -0.05) is 86.0 Å². The predicted octanol–water partition coefficient (Wildman–Crippen LogP) is 10.9. The van der Waals surface area contributed by atoms with Gasteiger partial charge in [-0.15, -0.1) is 19.7 Å². The molecule has 7 nitrogen and oxygen atoms in total. The third-order valence-electron chi connectivity index (χ3n) is 12.1. The lowest BCUT2D eigenvalue weighted by Crippen LogP contribution is -2.54. The first-order valence-electron chi connectivity index (χ1n) is 19.9. The second kappa shape index (κ2) is 19.9. The summed E-state index contributed by atoms with van der Waals surface area (Å²) in [5, 5.41) is 21.7. The topological polar surface area (TPSA) is 110 Å². The molecule has 0 spiro atoms. The highest BCUT2D eigenvalue weighted by atomic mass is 16.6. The van der Waals surface area contributed by atoms with Gasteiger partial charge in [-0.3, -0.25) is 14.4 Å². The Morgan fingerprint density at radius 3 is 1.44 bits per heavy atom. The standard InChI is InChI=1S/C16H28O3.C12H22O.C10H16O.C7H14O2/c1-7-15(6)10-8-9-12(2)16(15,18)11-13(17)19-14(3,4)5;1-5-11(4)9-7-8-10(3)12(11,13)6-2;1-4-10(3)7-5-6-8(2)9(10)11;1-5-6(8)9-7(2,3)4/h7,12,18H,1,8-11H2,2-6H3;5,10,13H,1,6-9H2,2-4H3;4,8H,1,5-7H2,2-3H3;5H2,1-4H3/t12-,15+,16-;10-,11+,12+;8-,10+;/m111./s1. The van der Waals surface area contributed by atoms with Gasteiger partial charge < -0.3 is 19.7 Å². The largest absolute Gasteiger partial charge is 0.460 e. The molecule has 3 aliphatic rings. The van der Waals surface area contributed by atoms with E-state index in [9.17, 15) is 24.6 Å². The number of carbonyl (C=O) groups is 3. The Balaban J connectivity index is 0.000000695. The molecule has 8 atom stereocenters. The molecule has 2 N–H and O–H groups in total. The third-order valence-corrected chi connectivity index (χ3v) is 12.1. The average Bonchev–Trinajstić information content (AvgIpc) is 3.04. The van der Waals surface area contributed by atoms with Crippen molar-refractivity contribution in [1.82, 2.24) is 0 Å². The molecule has 0 radical (unpaired) electrons. The summed E-state index contributed by atoms with van der Waals surface area (Å²) in [6.45, 7) is 38.7. The van der Waals surface area contributed by atoms with Crippen molar-refractivity contribution in [2.24, 2.45) is 34.0 Å². The van der Waals surface area contributed by atoms with E-state index in [4.69, 9.17) is 9.47 Å². The number of carbonyl (C=O) groups excluding carboxylic acids is 3. The molecule has 0 saturated heterocycles. The smallest absolute Gasteiger partial charge is 0.309 e. The fraction of sp³-hybridized carbons (Fsp3) is 0.800. The summed E-state index contributed by atoms with van der Waals surface area (Å²) in [5.74, 6) is 0.607. The number of rotatable bonds is 7. The van der Waals surface area contributed by atoms with Crippen LogP contribution in [0.3, 0.4) is 0 Å². The number of allylic oxidation sites excluding steroid dienone is 1. The van der Waals surface area contributed by atoms with Crippen molar-refractivity contribution in [2.45, 2.75) is 196 Å². The number of ketones is 1. The van der Waals surface area contributed by atoms with Gasteiger partial charge in [0.1, 0.15) is 17.0 Å². The number of hydrogen-bond acceptors (Lipinski definition) is 7. The van der Waals surface area contributed by atoms with Crippen LogP contribution in [0.2, 0.25) is 0 Å². The van der Waals surface area contributed by atoms with Crippen LogP contribution in [0.5, 0.6) is 0 Å². The van der Waals surface area contributed by atoms with E-state index < -0.39 is 22.2 Å². The molecule has 0 unspecified atom stereocenters. The van der Waals surface area contributed by atoms with Crippen LogP contribution in [0.4, 0.5) is 0 Å². The Kier molecular flexibility index (Phi) is 19.0. The summed E-state index contributed by atoms with van der Waals surface area (Å²) in [6, 6.07) is 0. The summed E-state index contributed by atoms with van der Waals surface area (Å²) in [4.78, 5) is 34.3. The molecule has 7 heteroatoms. The highest BCUT2D eigenvalue weighted by molar-refractivity contribution is 5.88. The fourth-order valence-corrected chi connectivity index (χ4v) is 8.08. The number of Topliss-reactive ketones (excluding diaryl/α,β-unsaturated/α-hetero) is 1. The molecule has 0 aromatic carbocycles. The van der Waals surface area contributed by atoms with E-state index >= 15 is 0 Å². The predicted molar refractivity (Wildman–Crippen MR) is 216 cm³/mol. The van der Waals surface area contributed by atoms with Gasteiger partial charge in [0.05, 0.1) is 17.6 Å². The molecular formula is C45H80O7. The van der Waals surface area contributed by atoms with Gasteiger partial charge in [0.25, 0.3) is 0 Å². The summed E-state index contributed by atoms with van der Waals surface area (Å²) in [5.41, 5.74) is -3.18. The first-order valence-corrected chi connectivity index (χ1v) is 19.9. The lowest BCUT2D eigenvalue weighted by atomic mass is 9.58. The minimum atomic E-state index is -1.06. The van der Waals surface area contributed by atoms with Gasteiger partial charge in [-0.05, 0) is 105 Å².